The molecule has 1 aliphatic rings. The Bertz CT molecular complexity index is 676. The van der Waals surface area contributed by atoms with Crippen molar-refractivity contribution < 1.29 is 17.7 Å². The second kappa shape index (κ2) is 6.94. The summed E-state index contributed by atoms with van der Waals surface area (Å²) in [7, 11) is 0. The highest BCUT2D eigenvalue weighted by Gasteiger charge is 2.33. The average molecular weight is 339 g/mol. The molecule has 2 aromatic rings. The summed E-state index contributed by atoms with van der Waals surface area (Å²) in [4.78, 5) is 4.29. The molecule has 2 heterocycles. The number of hydrogen-bond donors (Lipinski definition) is 0. The fourth-order valence-corrected chi connectivity index (χ4v) is 2.99. The van der Waals surface area contributed by atoms with Gasteiger partial charge < -0.3 is 4.52 Å². The maximum absolute atomic E-state index is 13.1. The van der Waals surface area contributed by atoms with Crippen LogP contribution in [0, 0.1) is 6.92 Å². The molecule has 4 nitrogen and oxygen atoms in total. The average Bonchev–Trinajstić information content (AvgIpc) is 2.94. The van der Waals surface area contributed by atoms with Crippen molar-refractivity contribution in [3.05, 3.63) is 52.9 Å². The smallest absolute Gasteiger partial charge is 0.360 e. The summed E-state index contributed by atoms with van der Waals surface area (Å²) in [5.41, 5.74) is 0.654. The van der Waals surface area contributed by atoms with Crippen molar-refractivity contribution >= 4 is 0 Å². The molecule has 1 saturated heterocycles. The van der Waals surface area contributed by atoms with Gasteiger partial charge in [0.05, 0.1) is 17.8 Å². The highest BCUT2D eigenvalue weighted by molar-refractivity contribution is 5.29. The number of alkyl halides is 3. The molecule has 0 N–H and O–H groups in total. The SMILES string of the molecule is Cc1cc(CN2CCN(Cc3ccccc3C(F)(F)F)CC2)on1. The van der Waals surface area contributed by atoms with Crippen LogP contribution < -0.4 is 0 Å². The Hall–Kier alpha value is -1.86. The zero-order chi connectivity index (χ0) is 17.2. The largest absolute Gasteiger partial charge is 0.416 e. The predicted molar refractivity (Wildman–Crippen MR) is 83.2 cm³/mol. The third-order valence-corrected chi connectivity index (χ3v) is 4.24. The second-order valence-corrected chi connectivity index (χ2v) is 6.14. The Morgan fingerprint density at radius 2 is 1.67 bits per heavy atom. The Labute approximate surface area is 138 Å². The molecule has 0 radical (unpaired) electrons. The quantitative estimate of drug-likeness (QED) is 0.855. The normalized spacial score (nSPS) is 17.3. The lowest BCUT2D eigenvalue weighted by atomic mass is 10.1. The van der Waals surface area contributed by atoms with Crippen molar-refractivity contribution in [3.8, 4) is 0 Å². The van der Waals surface area contributed by atoms with Gasteiger partial charge in [-0.1, -0.05) is 23.4 Å². The summed E-state index contributed by atoms with van der Waals surface area (Å²) < 4.78 is 44.4. The standard InChI is InChI=1S/C17H20F3N3O/c1-13-10-15(24-21-13)12-23-8-6-22(7-9-23)11-14-4-2-3-5-16(14)17(18,19)20/h2-5,10H,6-9,11-12H2,1H3. The van der Waals surface area contributed by atoms with E-state index in [4.69, 9.17) is 4.52 Å². The molecule has 130 valence electrons. The lowest BCUT2D eigenvalue weighted by Crippen LogP contribution is -2.45. The van der Waals surface area contributed by atoms with E-state index < -0.39 is 11.7 Å². The summed E-state index contributed by atoms with van der Waals surface area (Å²) in [6.45, 7) is 5.96. The lowest BCUT2D eigenvalue weighted by Gasteiger charge is -2.34. The Balaban J connectivity index is 1.56. The number of aromatic nitrogens is 1. The fraction of sp³-hybridized carbons (Fsp3) is 0.471. The first kappa shape index (κ1) is 17.0. The van der Waals surface area contributed by atoms with Gasteiger partial charge in [0.15, 0.2) is 5.76 Å². The van der Waals surface area contributed by atoms with Crippen LogP contribution in [0.1, 0.15) is 22.6 Å². The van der Waals surface area contributed by atoms with Crippen LogP contribution in [0.3, 0.4) is 0 Å². The fourth-order valence-electron chi connectivity index (χ4n) is 2.99. The number of piperazine rings is 1. The minimum Gasteiger partial charge on any atom is -0.360 e. The Morgan fingerprint density at radius 3 is 2.25 bits per heavy atom. The van der Waals surface area contributed by atoms with E-state index in [0.29, 0.717) is 18.7 Å². The minimum atomic E-state index is -4.30. The molecule has 1 aliphatic heterocycles. The van der Waals surface area contributed by atoms with Crippen LogP contribution in [0.25, 0.3) is 0 Å². The van der Waals surface area contributed by atoms with Gasteiger partial charge in [-0.25, -0.2) is 0 Å². The molecule has 0 spiro atoms. The lowest BCUT2D eigenvalue weighted by molar-refractivity contribution is -0.138. The monoisotopic (exact) mass is 339 g/mol. The highest BCUT2D eigenvalue weighted by Crippen LogP contribution is 2.32. The van der Waals surface area contributed by atoms with Crippen molar-refractivity contribution in [3.63, 3.8) is 0 Å². The van der Waals surface area contributed by atoms with Crippen LogP contribution in [0.5, 0.6) is 0 Å². The summed E-state index contributed by atoms with van der Waals surface area (Å²) in [5.74, 6) is 0.823. The third-order valence-electron chi connectivity index (χ3n) is 4.24. The van der Waals surface area contributed by atoms with Crippen molar-refractivity contribution in [2.75, 3.05) is 26.2 Å². The molecular weight excluding hydrogens is 319 g/mol. The van der Waals surface area contributed by atoms with E-state index in [-0.39, 0.29) is 0 Å². The molecule has 0 unspecified atom stereocenters. The van der Waals surface area contributed by atoms with Crippen molar-refractivity contribution in [2.45, 2.75) is 26.2 Å². The maximum Gasteiger partial charge on any atom is 0.416 e. The minimum absolute atomic E-state index is 0.324. The molecule has 7 heteroatoms. The molecule has 3 rings (SSSR count). The topological polar surface area (TPSA) is 32.5 Å². The van der Waals surface area contributed by atoms with Gasteiger partial charge in [0.1, 0.15) is 0 Å². The van der Waals surface area contributed by atoms with Crippen LogP contribution >= 0.6 is 0 Å². The summed E-state index contributed by atoms with van der Waals surface area (Å²) in [6.07, 6.45) is -4.30. The number of hydrogen-bond acceptors (Lipinski definition) is 4. The Kier molecular flexibility index (Phi) is 4.91. The molecule has 0 amide bonds. The maximum atomic E-state index is 13.1. The molecular formula is C17H20F3N3O. The number of benzene rings is 1. The van der Waals surface area contributed by atoms with Crippen LogP contribution in [0.15, 0.2) is 34.9 Å². The molecule has 0 aliphatic carbocycles. The summed E-state index contributed by atoms with van der Waals surface area (Å²) in [5, 5.41) is 3.87. The van der Waals surface area contributed by atoms with Crippen LogP contribution in [-0.4, -0.2) is 41.1 Å². The molecule has 24 heavy (non-hydrogen) atoms. The number of halogens is 3. The molecule has 1 aromatic heterocycles. The van der Waals surface area contributed by atoms with Crippen LogP contribution in [0.4, 0.5) is 13.2 Å². The third kappa shape index (κ3) is 4.15. The zero-order valence-electron chi connectivity index (χ0n) is 13.5. The van der Waals surface area contributed by atoms with E-state index >= 15 is 0 Å². The van der Waals surface area contributed by atoms with E-state index in [1.165, 1.54) is 6.07 Å². The molecule has 0 bridgehead atoms. The van der Waals surface area contributed by atoms with E-state index in [2.05, 4.69) is 15.0 Å². The van der Waals surface area contributed by atoms with Gasteiger partial charge in [0.25, 0.3) is 0 Å². The zero-order valence-corrected chi connectivity index (χ0v) is 13.5. The first-order valence-electron chi connectivity index (χ1n) is 7.94. The second-order valence-electron chi connectivity index (χ2n) is 6.14. The number of rotatable bonds is 4. The number of nitrogens with zero attached hydrogens (tertiary/aromatic N) is 3. The first-order chi connectivity index (χ1) is 11.4. The Morgan fingerprint density at radius 1 is 1.04 bits per heavy atom. The molecule has 1 aromatic carbocycles. The van der Waals surface area contributed by atoms with E-state index in [0.717, 1.165) is 43.7 Å². The summed E-state index contributed by atoms with van der Waals surface area (Å²) in [6, 6.07) is 7.72. The van der Waals surface area contributed by atoms with Gasteiger partial charge in [0.2, 0.25) is 0 Å². The van der Waals surface area contributed by atoms with Gasteiger partial charge in [-0.3, -0.25) is 9.80 Å². The van der Waals surface area contributed by atoms with Crippen molar-refractivity contribution in [1.82, 2.24) is 15.0 Å². The van der Waals surface area contributed by atoms with E-state index in [1.54, 1.807) is 12.1 Å². The van der Waals surface area contributed by atoms with Crippen LogP contribution in [-0.2, 0) is 19.3 Å². The van der Waals surface area contributed by atoms with Gasteiger partial charge in [-0.05, 0) is 18.6 Å². The van der Waals surface area contributed by atoms with E-state index in [1.807, 2.05) is 13.0 Å². The van der Waals surface area contributed by atoms with Crippen molar-refractivity contribution in [2.24, 2.45) is 0 Å². The highest BCUT2D eigenvalue weighted by atomic mass is 19.4. The molecule has 0 saturated carbocycles. The van der Waals surface area contributed by atoms with Gasteiger partial charge in [-0.15, -0.1) is 0 Å². The number of aryl methyl sites for hydroxylation is 1. The molecule has 0 atom stereocenters. The molecule has 1 fully saturated rings. The van der Waals surface area contributed by atoms with Gasteiger partial charge >= 0.3 is 6.18 Å². The van der Waals surface area contributed by atoms with E-state index in [9.17, 15) is 13.2 Å². The summed E-state index contributed by atoms with van der Waals surface area (Å²) >= 11 is 0. The first-order valence-corrected chi connectivity index (χ1v) is 7.94. The van der Waals surface area contributed by atoms with Gasteiger partial charge in [-0.2, -0.15) is 13.2 Å². The van der Waals surface area contributed by atoms with Crippen molar-refractivity contribution in [1.29, 1.82) is 0 Å². The predicted octanol–water partition coefficient (Wildman–Crippen LogP) is 3.32. The van der Waals surface area contributed by atoms with Gasteiger partial charge in [0, 0.05) is 38.8 Å². The van der Waals surface area contributed by atoms with Crippen LogP contribution in [0.2, 0.25) is 0 Å².